The van der Waals surface area contributed by atoms with E-state index in [0.29, 0.717) is 18.5 Å². The van der Waals surface area contributed by atoms with Crippen LogP contribution in [-0.4, -0.2) is 20.9 Å². The molecule has 0 bridgehead atoms. The highest BCUT2D eigenvalue weighted by Gasteiger charge is 2.30. The molecule has 6 nitrogen and oxygen atoms in total. The standard InChI is InChI=1S/C18H16N2O4S2/c19-18(21)17-16-11(8-9-20-17)5-3-6-13(16)24-26(22,23)15-10-12-4-1-2-7-14(12)25-15/h1-7,10,17,20H,8-9H2,(H2,19,21). The second-order valence-electron chi connectivity index (χ2n) is 6.01. The van der Waals surface area contributed by atoms with Crippen LogP contribution in [0.25, 0.3) is 10.1 Å². The molecule has 1 atom stereocenters. The lowest BCUT2D eigenvalue weighted by Gasteiger charge is -2.26. The number of hydrogen-bond donors (Lipinski definition) is 2. The molecule has 0 saturated carbocycles. The van der Waals surface area contributed by atoms with Gasteiger partial charge in [0.15, 0.2) is 4.21 Å². The number of rotatable bonds is 4. The van der Waals surface area contributed by atoms with Gasteiger partial charge in [0, 0.05) is 16.8 Å². The van der Waals surface area contributed by atoms with Gasteiger partial charge in [0.1, 0.15) is 11.8 Å². The van der Waals surface area contributed by atoms with Crippen LogP contribution in [0.1, 0.15) is 17.2 Å². The molecule has 2 heterocycles. The van der Waals surface area contributed by atoms with Crippen molar-refractivity contribution in [2.75, 3.05) is 6.54 Å². The Morgan fingerprint density at radius 3 is 2.77 bits per heavy atom. The highest BCUT2D eigenvalue weighted by molar-refractivity contribution is 7.89. The lowest BCUT2D eigenvalue weighted by atomic mass is 9.93. The van der Waals surface area contributed by atoms with E-state index in [2.05, 4.69) is 5.32 Å². The van der Waals surface area contributed by atoms with Gasteiger partial charge < -0.3 is 15.2 Å². The largest absolute Gasteiger partial charge is 0.378 e. The van der Waals surface area contributed by atoms with E-state index in [1.807, 2.05) is 30.3 Å². The minimum atomic E-state index is -4.02. The van der Waals surface area contributed by atoms with Crippen molar-refractivity contribution in [2.24, 2.45) is 5.73 Å². The van der Waals surface area contributed by atoms with Crippen molar-refractivity contribution < 1.29 is 17.4 Å². The molecule has 3 aromatic rings. The minimum Gasteiger partial charge on any atom is -0.378 e. The number of nitrogens with two attached hydrogens (primary N) is 1. The number of hydrogen-bond acceptors (Lipinski definition) is 6. The van der Waals surface area contributed by atoms with Crippen LogP contribution in [-0.2, 0) is 21.3 Å². The topological polar surface area (TPSA) is 98.5 Å². The number of fused-ring (bicyclic) bond motifs is 2. The van der Waals surface area contributed by atoms with Gasteiger partial charge in [-0.3, -0.25) is 4.79 Å². The smallest absolute Gasteiger partial charge is 0.348 e. The van der Waals surface area contributed by atoms with Crippen LogP contribution >= 0.6 is 11.3 Å². The molecule has 4 rings (SSSR count). The molecule has 2 aromatic carbocycles. The van der Waals surface area contributed by atoms with Crippen LogP contribution in [0.3, 0.4) is 0 Å². The molecule has 134 valence electrons. The Morgan fingerprint density at radius 1 is 1.19 bits per heavy atom. The van der Waals surface area contributed by atoms with Gasteiger partial charge in [-0.1, -0.05) is 30.3 Å². The van der Waals surface area contributed by atoms with Crippen molar-refractivity contribution in [1.82, 2.24) is 5.32 Å². The molecule has 8 heteroatoms. The zero-order valence-electron chi connectivity index (χ0n) is 13.6. The second kappa shape index (κ2) is 6.39. The monoisotopic (exact) mass is 388 g/mol. The molecule has 3 N–H and O–H groups in total. The van der Waals surface area contributed by atoms with Crippen LogP contribution in [0, 0.1) is 0 Å². The van der Waals surface area contributed by atoms with E-state index in [1.165, 1.54) is 0 Å². The third-order valence-corrected chi connectivity index (χ3v) is 7.10. The third-order valence-electron chi connectivity index (χ3n) is 4.32. The van der Waals surface area contributed by atoms with Gasteiger partial charge in [0.25, 0.3) is 0 Å². The Labute approximate surface area is 154 Å². The Morgan fingerprint density at radius 2 is 2.00 bits per heavy atom. The van der Waals surface area contributed by atoms with Gasteiger partial charge in [-0.25, -0.2) is 0 Å². The zero-order chi connectivity index (χ0) is 18.3. The number of benzene rings is 2. The van der Waals surface area contributed by atoms with Crippen molar-refractivity contribution in [3.05, 3.63) is 59.7 Å². The first-order valence-electron chi connectivity index (χ1n) is 8.03. The highest BCUT2D eigenvalue weighted by atomic mass is 32.3. The molecule has 1 aromatic heterocycles. The van der Waals surface area contributed by atoms with Gasteiger partial charge in [-0.05, 0) is 35.6 Å². The van der Waals surface area contributed by atoms with E-state index in [-0.39, 0.29) is 9.96 Å². The third kappa shape index (κ3) is 2.96. The maximum absolute atomic E-state index is 12.8. The summed E-state index contributed by atoms with van der Waals surface area (Å²) in [6.07, 6.45) is 0.666. The van der Waals surface area contributed by atoms with Gasteiger partial charge in [0.05, 0.1) is 0 Å². The second-order valence-corrected chi connectivity index (χ2v) is 8.87. The summed E-state index contributed by atoms with van der Waals surface area (Å²) in [6, 6.07) is 13.4. The Balaban J connectivity index is 1.76. The lowest BCUT2D eigenvalue weighted by molar-refractivity contribution is -0.120. The Bertz CT molecular complexity index is 1070. The van der Waals surface area contributed by atoms with Crippen LogP contribution in [0.5, 0.6) is 5.75 Å². The average Bonchev–Trinajstić information content (AvgIpc) is 3.06. The van der Waals surface area contributed by atoms with E-state index in [1.54, 1.807) is 18.2 Å². The summed E-state index contributed by atoms with van der Waals surface area (Å²) in [4.78, 5) is 11.8. The van der Waals surface area contributed by atoms with Crippen LogP contribution < -0.4 is 15.2 Å². The Hall–Kier alpha value is -2.42. The number of thiophene rings is 1. The van der Waals surface area contributed by atoms with Crippen LogP contribution in [0.15, 0.2) is 52.7 Å². The lowest BCUT2D eigenvalue weighted by Crippen LogP contribution is -2.39. The summed E-state index contributed by atoms with van der Waals surface area (Å²) in [5.41, 5.74) is 6.83. The van der Waals surface area contributed by atoms with Gasteiger partial charge >= 0.3 is 10.1 Å². The van der Waals surface area contributed by atoms with Crippen molar-refractivity contribution in [3.63, 3.8) is 0 Å². The van der Waals surface area contributed by atoms with E-state index in [4.69, 9.17) is 9.92 Å². The van der Waals surface area contributed by atoms with E-state index < -0.39 is 22.1 Å². The summed E-state index contributed by atoms with van der Waals surface area (Å²) < 4.78 is 32.0. The van der Waals surface area contributed by atoms with Crippen LogP contribution in [0.4, 0.5) is 0 Å². The molecule has 0 fully saturated rings. The van der Waals surface area contributed by atoms with Crippen LogP contribution in [0.2, 0.25) is 0 Å². The maximum atomic E-state index is 12.8. The molecule has 0 aliphatic carbocycles. The van der Waals surface area contributed by atoms with Gasteiger partial charge in [-0.15, -0.1) is 11.3 Å². The fourth-order valence-corrected chi connectivity index (χ4v) is 5.45. The molecule has 1 unspecified atom stereocenters. The normalized spacial score (nSPS) is 17.0. The summed E-state index contributed by atoms with van der Waals surface area (Å²) in [5.74, 6) is -0.433. The van der Waals surface area contributed by atoms with E-state index >= 15 is 0 Å². The first kappa shape index (κ1) is 17.0. The minimum absolute atomic E-state index is 0.121. The highest BCUT2D eigenvalue weighted by Crippen LogP contribution is 2.35. The predicted octanol–water partition coefficient (Wildman–Crippen LogP) is 2.34. The van der Waals surface area contributed by atoms with Crippen molar-refractivity contribution in [2.45, 2.75) is 16.7 Å². The van der Waals surface area contributed by atoms with E-state index in [9.17, 15) is 13.2 Å². The molecular weight excluding hydrogens is 372 g/mol. The number of primary amides is 1. The average molecular weight is 388 g/mol. The Kier molecular flexibility index (Phi) is 4.18. The molecule has 26 heavy (non-hydrogen) atoms. The quantitative estimate of drug-likeness (QED) is 0.669. The fourth-order valence-electron chi connectivity index (χ4n) is 3.14. The number of nitrogens with one attached hydrogen (secondary N) is 1. The molecule has 0 spiro atoms. The first-order chi connectivity index (χ1) is 12.5. The fraction of sp³-hybridized carbons (Fsp3) is 0.167. The summed E-state index contributed by atoms with van der Waals surface area (Å²) in [6.45, 7) is 0.590. The van der Waals surface area contributed by atoms with Crippen molar-refractivity contribution in [1.29, 1.82) is 0 Å². The first-order valence-corrected chi connectivity index (χ1v) is 10.3. The van der Waals surface area contributed by atoms with E-state index in [0.717, 1.165) is 27.0 Å². The number of amides is 1. The predicted molar refractivity (Wildman–Crippen MR) is 99.7 cm³/mol. The maximum Gasteiger partial charge on any atom is 0.348 e. The molecular formula is C18H16N2O4S2. The molecule has 1 amide bonds. The molecule has 1 aliphatic heterocycles. The molecule has 1 aliphatic rings. The zero-order valence-corrected chi connectivity index (χ0v) is 15.3. The molecule has 0 saturated heterocycles. The summed E-state index contributed by atoms with van der Waals surface area (Å²) in [7, 11) is -4.02. The number of carbonyl (C=O) groups excluding carboxylic acids is 1. The molecule has 0 radical (unpaired) electrons. The van der Waals surface area contributed by atoms with Gasteiger partial charge in [-0.2, -0.15) is 8.42 Å². The summed E-state index contributed by atoms with van der Waals surface area (Å²) >= 11 is 1.15. The SMILES string of the molecule is NC(=O)C1NCCc2cccc(OS(=O)(=O)c3cc4ccccc4s3)c21. The number of carbonyl (C=O) groups is 1. The van der Waals surface area contributed by atoms with Crippen molar-refractivity contribution >= 4 is 37.4 Å². The summed E-state index contributed by atoms with van der Waals surface area (Å²) in [5, 5.41) is 3.85. The van der Waals surface area contributed by atoms with Crippen molar-refractivity contribution in [3.8, 4) is 5.75 Å². The van der Waals surface area contributed by atoms with Gasteiger partial charge in [0.2, 0.25) is 5.91 Å².